The lowest BCUT2D eigenvalue weighted by Gasteiger charge is -2.34. The van der Waals surface area contributed by atoms with Gasteiger partial charge in [0.2, 0.25) is 11.1 Å². The van der Waals surface area contributed by atoms with Crippen molar-refractivity contribution < 1.29 is 9.53 Å². The molecule has 1 N–H and O–H groups in total. The molecule has 0 amide bonds. The fourth-order valence-electron chi connectivity index (χ4n) is 4.37. The van der Waals surface area contributed by atoms with E-state index < -0.39 is 0 Å². The Bertz CT molecular complexity index is 1150. The molecule has 0 saturated carbocycles. The molecule has 2 atom stereocenters. The summed E-state index contributed by atoms with van der Waals surface area (Å²) in [5.74, 6) is 2.90. The van der Waals surface area contributed by atoms with E-state index in [-0.39, 0.29) is 11.8 Å². The summed E-state index contributed by atoms with van der Waals surface area (Å²) >= 11 is 1.60. The van der Waals surface area contributed by atoms with Gasteiger partial charge in [0, 0.05) is 17.7 Å². The summed E-state index contributed by atoms with van der Waals surface area (Å²) < 4.78 is 7.82. The molecule has 0 fully saturated rings. The number of hydrogen-bond acceptors (Lipinski definition) is 6. The number of nitrogens with one attached hydrogen (secondary N) is 1. The van der Waals surface area contributed by atoms with E-state index >= 15 is 0 Å². The summed E-state index contributed by atoms with van der Waals surface area (Å²) in [5, 5.41) is 8.85. The van der Waals surface area contributed by atoms with Crippen LogP contribution >= 0.6 is 11.8 Å². The van der Waals surface area contributed by atoms with E-state index in [4.69, 9.17) is 9.84 Å². The maximum absolute atomic E-state index is 13.1. The van der Waals surface area contributed by atoms with Crippen LogP contribution in [0.1, 0.15) is 43.9 Å². The highest BCUT2D eigenvalue weighted by Gasteiger charge is 2.38. The highest BCUT2D eigenvalue weighted by molar-refractivity contribution is 7.99. The van der Waals surface area contributed by atoms with E-state index in [1.165, 1.54) is 0 Å². The Morgan fingerprint density at radius 3 is 2.66 bits per heavy atom. The van der Waals surface area contributed by atoms with Gasteiger partial charge in [-0.2, -0.15) is 4.98 Å². The summed E-state index contributed by atoms with van der Waals surface area (Å²) in [6.45, 7) is 4.72. The molecule has 32 heavy (non-hydrogen) atoms. The van der Waals surface area contributed by atoms with Crippen molar-refractivity contribution in [1.29, 1.82) is 0 Å². The van der Waals surface area contributed by atoms with E-state index in [1.54, 1.807) is 11.8 Å². The summed E-state index contributed by atoms with van der Waals surface area (Å²) in [4.78, 5) is 17.8. The van der Waals surface area contributed by atoms with Gasteiger partial charge in [0.15, 0.2) is 5.78 Å². The molecule has 1 aliphatic carbocycles. The number of allylic oxidation sites excluding steroid dienone is 2. The van der Waals surface area contributed by atoms with Crippen LogP contribution in [0, 0.1) is 5.92 Å². The Morgan fingerprint density at radius 2 is 1.91 bits per heavy atom. The van der Waals surface area contributed by atoms with Crippen molar-refractivity contribution >= 4 is 23.5 Å². The summed E-state index contributed by atoms with van der Waals surface area (Å²) in [5.41, 5.74) is 3.93. The third-order valence-corrected chi connectivity index (χ3v) is 6.54. The first-order chi connectivity index (χ1) is 15.6. The van der Waals surface area contributed by atoms with Gasteiger partial charge in [-0.1, -0.05) is 68.1 Å². The van der Waals surface area contributed by atoms with E-state index in [0.29, 0.717) is 24.9 Å². The van der Waals surface area contributed by atoms with Crippen LogP contribution in [0.15, 0.2) is 71.0 Å². The number of hydrogen-bond donors (Lipinski definition) is 1. The molecule has 5 rings (SSSR count). The van der Waals surface area contributed by atoms with Crippen molar-refractivity contribution in [3.63, 3.8) is 0 Å². The number of fused-ring (bicyclic) bond motifs is 1. The minimum absolute atomic E-state index is 0.187. The molecular weight excluding hydrogens is 420 g/mol. The van der Waals surface area contributed by atoms with Gasteiger partial charge in [-0.15, -0.1) is 5.10 Å². The molecule has 1 aliphatic heterocycles. The number of aromatic nitrogens is 3. The normalized spacial score (nSPS) is 19.9. The Labute approximate surface area is 192 Å². The predicted octanol–water partition coefficient (Wildman–Crippen LogP) is 5.24. The summed E-state index contributed by atoms with van der Waals surface area (Å²) in [6.07, 6.45) is 1.41. The summed E-state index contributed by atoms with van der Waals surface area (Å²) in [6, 6.07) is 17.8. The van der Waals surface area contributed by atoms with Crippen molar-refractivity contribution in [2.24, 2.45) is 5.92 Å². The number of thioether (sulfide) groups is 1. The van der Waals surface area contributed by atoms with Crippen LogP contribution in [0.25, 0.3) is 0 Å². The molecule has 0 radical (unpaired) electrons. The van der Waals surface area contributed by atoms with Crippen LogP contribution in [0.2, 0.25) is 0 Å². The Morgan fingerprint density at radius 1 is 1.12 bits per heavy atom. The van der Waals surface area contributed by atoms with Crippen LogP contribution in [-0.4, -0.2) is 26.3 Å². The fraction of sp³-hybridized carbons (Fsp3) is 0.320. The van der Waals surface area contributed by atoms with Gasteiger partial charge in [0.1, 0.15) is 18.4 Å². The molecule has 0 unspecified atom stereocenters. The second kappa shape index (κ2) is 8.82. The lowest BCUT2D eigenvalue weighted by Crippen LogP contribution is -2.33. The van der Waals surface area contributed by atoms with Crippen molar-refractivity contribution in [1.82, 2.24) is 14.8 Å². The smallest absolute Gasteiger partial charge is 0.227 e. The number of ether oxygens (including phenoxy) is 1. The van der Waals surface area contributed by atoms with Gasteiger partial charge in [-0.05, 0) is 41.4 Å². The first kappa shape index (κ1) is 20.8. The number of benzene rings is 2. The van der Waals surface area contributed by atoms with Crippen molar-refractivity contribution in [3.8, 4) is 5.75 Å². The number of carbonyl (C=O) groups excluding carboxylic acids is 1. The average molecular weight is 447 g/mol. The average Bonchev–Trinajstić information content (AvgIpc) is 3.19. The number of rotatable bonds is 6. The van der Waals surface area contributed by atoms with E-state index in [0.717, 1.165) is 45.5 Å². The molecule has 2 aromatic carbocycles. The summed E-state index contributed by atoms with van der Waals surface area (Å²) in [7, 11) is 0. The van der Waals surface area contributed by atoms with Gasteiger partial charge >= 0.3 is 0 Å². The first-order valence-electron chi connectivity index (χ1n) is 11.0. The molecule has 3 aromatic rings. The molecular formula is C25H26N4O2S. The van der Waals surface area contributed by atoms with Gasteiger partial charge in [-0.3, -0.25) is 4.79 Å². The number of anilines is 1. The van der Waals surface area contributed by atoms with Gasteiger partial charge < -0.3 is 10.1 Å². The van der Waals surface area contributed by atoms with Crippen molar-refractivity contribution in [3.05, 3.63) is 77.0 Å². The minimum atomic E-state index is -0.275. The number of Topliss-reactive ketones (excluding diaryl/α,β-unsaturated/α-hetero) is 1. The topological polar surface area (TPSA) is 69.0 Å². The maximum atomic E-state index is 13.1. The zero-order chi connectivity index (χ0) is 22.1. The maximum Gasteiger partial charge on any atom is 0.227 e. The molecule has 0 saturated heterocycles. The van der Waals surface area contributed by atoms with Gasteiger partial charge in [0.05, 0.1) is 0 Å². The molecule has 2 heterocycles. The number of ketones is 1. The number of nitrogens with zero attached hydrogens (tertiary/aromatic N) is 3. The third kappa shape index (κ3) is 4.05. The molecule has 2 aliphatic rings. The van der Waals surface area contributed by atoms with Gasteiger partial charge in [0.25, 0.3) is 0 Å². The van der Waals surface area contributed by atoms with Crippen LogP contribution < -0.4 is 10.1 Å². The standard InChI is InChI=1S/C25H26N4O2S/c1-3-32-25-27-24-26-20-13-16(2)14-21(30)22(20)23(29(24)28-25)18-9-11-19(12-10-18)31-15-17-7-5-4-6-8-17/h4-12,16,23H,3,13-15H2,1-2H3,(H,26,27,28)/t16-,23+/m0/s1. The molecule has 7 heteroatoms. The van der Waals surface area contributed by atoms with E-state index in [9.17, 15) is 4.79 Å². The van der Waals surface area contributed by atoms with Crippen LogP contribution in [0.3, 0.4) is 0 Å². The highest BCUT2D eigenvalue weighted by atomic mass is 32.2. The first-order valence-corrected chi connectivity index (χ1v) is 12.0. The SMILES string of the molecule is CCSc1nc2n(n1)[C@H](c1ccc(OCc3ccccc3)cc1)C1=C(C[C@H](C)CC1=O)N2. The monoisotopic (exact) mass is 446 g/mol. The van der Waals surface area contributed by atoms with E-state index in [1.807, 2.05) is 59.3 Å². The number of carbonyl (C=O) groups is 1. The Hall–Kier alpha value is -3.06. The lowest BCUT2D eigenvalue weighted by atomic mass is 9.81. The van der Waals surface area contributed by atoms with Crippen molar-refractivity contribution in [2.45, 2.75) is 44.5 Å². The zero-order valence-electron chi connectivity index (χ0n) is 18.2. The largest absolute Gasteiger partial charge is 0.489 e. The fourth-order valence-corrected chi connectivity index (χ4v) is 4.93. The Balaban J connectivity index is 1.46. The molecule has 0 bridgehead atoms. The van der Waals surface area contributed by atoms with Crippen LogP contribution in [0.4, 0.5) is 5.95 Å². The minimum Gasteiger partial charge on any atom is -0.489 e. The second-order valence-corrected chi connectivity index (χ2v) is 9.53. The lowest BCUT2D eigenvalue weighted by molar-refractivity contribution is -0.117. The molecule has 164 valence electrons. The van der Waals surface area contributed by atoms with Gasteiger partial charge in [-0.25, -0.2) is 4.68 Å². The zero-order valence-corrected chi connectivity index (χ0v) is 19.1. The van der Waals surface area contributed by atoms with Crippen LogP contribution in [-0.2, 0) is 11.4 Å². The van der Waals surface area contributed by atoms with Crippen molar-refractivity contribution in [2.75, 3.05) is 11.1 Å². The second-order valence-electron chi connectivity index (χ2n) is 8.30. The molecule has 6 nitrogen and oxygen atoms in total. The van der Waals surface area contributed by atoms with Crippen LogP contribution in [0.5, 0.6) is 5.75 Å². The highest BCUT2D eigenvalue weighted by Crippen LogP contribution is 2.42. The third-order valence-electron chi connectivity index (χ3n) is 5.82. The van der Waals surface area contributed by atoms with E-state index in [2.05, 4.69) is 24.1 Å². The quantitative estimate of drug-likeness (QED) is 0.523. The molecule has 0 spiro atoms. The predicted molar refractivity (Wildman–Crippen MR) is 126 cm³/mol. The Kier molecular flexibility index (Phi) is 5.74. The molecule has 1 aromatic heterocycles.